The maximum atomic E-state index is 13.5. The standard InChI is InChI=1S/C27H24ClN3O6S/c28-22-15-21(9-10-25(22)31-24-8-4-2-6-19(24)17-37-27(31)33)38(34,35)29-13-11-20(12-14-29)30-23-7-3-1-5-18(23)16-36-26(30)32/h1-10,15,17,20,24H,11-14,16H2. The Labute approximate surface area is 225 Å². The molecular formula is C27H24ClN3O6S. The van der Waals surface area contributed by atoms with Crippen molar-refractivity contribution in [2.75, 3.05) is 22.9 Å². The molecule has 1 aliphatic carbocycles. The van der Waals surface area contributed by atoms with Gasteiger partial charge in [-0.25, -0.2) is 18.0 Å². The van der Waals surface area contributed by atoms with Crippen molar-refractivity contribution in [3.05, 3.63) is 89.2 Å². The Balaban J connectivity index is 1.20. The van der Waals surface area contributed by atoms with Crippen LogP contribution in [0, 0.1) is 0 Å². The van der Waals surface area contributed by atoms with Gasteiger partial charge >= 0.3 is 12.2 Å². The maximum Gasteiger partial charge on any atom is 0.420 e. The average molecular weight is 554 g/mol. The summed E-state index contributed by atoms with van der Waals surface area (Å²) in [5.74, 6) is 0. The van der Waals surface area contributed by atoms with Crippen LogP contribution in [0.15, 0.2) is 83.5 Å². The number of halogens is 1. The molecule has 0 aromatic heterocycles. The van der Waals surface area contributed by atoms with Gasteiger partial charge in [0.2, 0.25) is 10.0 Å². The van der Waals surface area contributed by atoms with Crippen molar-refractivity contribution < 1.29 is 27.5 Å². The van der Waals surface area contributed by atoms with E-state index >= 15 is 0 Å². The zero-order valence-electron chi connectivity index (χ0n) is 20.2. The normalized spacial score (nSPS) is 21.9. The lowest BCUT2D eigenvalue weighted by Gasteiger charge is -2.39. The van der Waals surface area contributed by atoms with Crippen molar-refractivity contribution >= 4 is 45.2 Å². The van der Waals surface area contributed by atoms with Gasteiger partial charge in [-0.05, 0) is 37.1 Å². The van der Waals surface area contributed by atoms with E-state index in [1.165, 1.54) is 33.7 Å². The molecule has 11 heteroatoms. The van der Waals surface area contributed by atoms with Crippen molar-refractivity contribution in [3.8, 4) is 0 Å². The number of carbonyl (C=O) groups excluding carboxylic acids is 2. The second-order valence-corrected chi connectivity index (χ2v) is 11.7. The zero-order chi connectivity index (χ0) is 26.4. The Morgan fingerprint density at radius 1 is 0.921 bits per heavy atom. The third kappa shape index (κ3) is 4.18. The van der Waals surface area contributed by atoms with E-state index in [1.807, 2.05) is 48.6 Å². The lowest BCUT2D eigenvalue weighted by molar-refractivity contribution is 0.136. The quantitative estimate of drug-likeness (QED) is 0.529. The number of benzene rings is 2. The van der Waals surface area contributed by atoms with E-state index in [0.717, 1.165) is 16.8 Å². The van der Waals surface area contributed by atoms with Crippen molar-refractivity contribution in [2.45, 2.75) is 36.4 Å². The van der Waals surface area contributed by atoms with Gasteiger partial charge in [0.15, 0.2) is 0 Å². The fraction of sp³-hybridized carbons (Fsp3) is 0.259. The molecule has 1 fully saturated rings. The molecule has 2 aromatic carbocycles. The third-order valence-corrected chi connectivity index (χ3v) is 9.41. The number of fused-ring (bicyclic) bond motifs is 2. The van der Waals surface area contributed by atoms with E-state index in [2.05, 4.69) is 0 Å². The Hall–Kier alpha value is -3.60. The second kappa shape index (κ2) is 9.61. The van der Waals surface area contributed by atoms with Crippen LogP contribution in [-0.2, 0) is 26.1 Å². The summed E-state index contributed by atoms with van der Waals surface area (Å²) in [6.45, 7) is 0.713. The number of sulfonamides is 1. The van der Waals surface area contributed by atoms with Gasteiger partial charge in [-0.2, -0.15) is 4.31 Å². The summed E-state index contributed by atoms with van der Waals surface area (Å²) in [7, 11) is -3.85. The molecule has 1 atom stereocenters. The first-order valence-electron chi connectivity index (χ1n) is 12.2. The number of para-hydroxylation sites is 1. The Morgan fingerprint density at radius 2 is 1.71 bits per heavy atom. The number of piperidine rings is 1. The van der Waals surface area contributed by atoms with E-state index in [-0.39, 0.29) is 35.7 Å². The SMILES string of the molecule is O=C1OCc2ccccc2N1C1CCN(S(=O)(=O)c2ccc(N3C(=O)OC=C4C=CC=CC43)c(Cl)c2)CC1. The van der Waals surface area contributed by atoms with Crippen LogP contribution in [-0.4, -0.2) is 50.1 Å². The van der Waals surface area contributed by atoms with E-state index < -0.39 is 28.3 Å². The number of cyclic esters (lactones) is 2. The molecule has 1 unspecified atom stereocenters. The minimum Gasteiger partial charge on any atom is -0.444 e. The van der Waals surface area contributed by atoms with Gasteiger partial charge < -0.3 is 9.47 Å². The van der Waals surface area contributed by atoms with Crippen molar-refractivity contribution in [3.63, 3.8) is 0 Å². The van der Waals surface area contributed by atoms with Crippen LogP contribution in [0.5, 0.6) is 0 Å². The zero-order valence-corrected chi connectivity index (χ0v) is 21.8. The molecule has 2 aromatic rings. The van der Waals surface area contributed by atoms with Crippen LogP contribution in [0.2, 0.25) is 5.02 Å². The molecular weight excluding hydrogens is 530 g/mol. The van der Waals surface area contributed by atoms with Gasteiger partial charge in [0.25, 0.3) is 0 Å². The summed E-state index contributed by atoms with van der Waals surface area (Å²) in [5, 5.41) is 0.120. The first-order valence-corrected chi connectivity index (χ1v) is 14.0. The van der Waals surface area contributed by atoms with Gasteiger partial charge in [-0.3, -0.25) is 9.80 Å². The highest BCUT2D eigenvalue weighted by Gasteiger charge is 2.38. The van der Waals surface area contributed by atoms with E-state index in [0.29, 0.717) is 18.5 Å². The monoisotopic (exact) mass is 553 g/mol. The molecule has 1 saturated heterocycles. The summed E-state index contributed by atoms with van der Waals surface area (Å²) < 4.78 is 38.9. The van der Waals surface area contributed by atoms with Gasteiger partial charge in [-0.15, -0.1) is 0 Å². The number of carbonyl (C=O) groups is 2. The van der Waals surface area contributed by atoms with Crippen LogP contribution < -0.4 is 9.80 Å². The first kappa shape index (κ1) is 24.7. The molecule has 9 nitrogen and oxygen atoms in total. The number of anilines is 2. The third-order valence-electron chi connectivity index (χ3n) is 7.21. The predicted molar refractivity (Wildman–Crippen MR) is 141 cm³/mol. The molecule has 0 saturated carbocycles. The number of allylic oxidation sites excluding steroid dienone is 2. The highest BCUT2D eigenvalue weighted by Crippen LogP contribution is 2.37. The topological polar surface area (TPSA) is 96.5 Å². The number of hydrogen-bond donors (Lipinski definition) is 0. The molecule has 0 bridgehead atoms. The fourth-order valence-electron chi connectivity index (χ4n) is 5.28. The Bertz CT molecular complexity index is 1510. The van der Waals surface area contributed by atoms with Crippen LogP contribution in [0.1, 0.15) is 18.4 Å². The Kier molecular flexibility index (Phi) is 6.25. The van der Waals surface area contributed by atoms with E-state index in [9.17, 15) is 18.0 Å². The van der Waals surface area contributed by atoms with E-state index in [1.54, 1.807) is 4.90 Å². The molecule has 4 aliphatic rings. The van der Waals surface area contributed by atoms with Gasteiger partial charge in [0, 0.05) is 30.3 Å². The number of amides is 2. The lowest BCUT2D eigenvalue weighted by Crippen LogP contribution is -2.50. The van der Waals surface area contributed by atoms with Crippen molar-refractivity contribution in [1.82, 2.24) is 4.31 Å². The van der Waals surface area contributed by atoms with Crippen LogP contribution >= 0.6 is 11.6 Å². The first-order chi connectivity index (χ1) is 18.3. The molecule has 0 radical (unpaired) electrons. The molecule has 0 N–H and O–H groups in total. The van der Waals surface area contributed by atoms with Crippen LogP contribution in [0.4, 0.5) is 21.0 Å². The highest BCUT2D eigenvalue weighted by molar-refractivity contribution is 7.89. The van der Waals surface area contributed by atoms with Gasteiger partial charge in [-0.1, -0.05) is 54.1 Å². The largest absolute Gasteiger partial charge is 0.444 e. The number of rotatable bonds is 4. The summed E-state index contributed by atoms with van der Waals surface area (Å²) in [6, 6.07) is 11.4. The second-order valence-electron chi connectivity index (χ2n) is 9.36. The summed E-state index contributed by atoms with van der Waals surface area (Å²) >= 11 is 6.54. The van der Waals surface area contributed by atoms with Crippen LogP contribution in [0.25, 0.3) is 0 Å². The fourth-order valence-corrected chi connectivity index (χ4v) is 7.11. The summed E-state index contributed by atoms with van der Waals surface area (Å²) in [6.07, 6.45) is 8.66. The van der Waals surface area contributed by atoms with Gasteiger partial charge in [0.1, 0.15) is 12.9 Å². The van der Waals surface area contributed by atoms with E-state index in [4.69, 9.17) is 21.1 Å². The predicted octanol–water partition coefficient (Wildman–Crippen LogP) is 4.99. The molecule has 196 valence electrons. The van der Waals surface area contributed by atoms with Crippen molar-refractivity contribution in [2.24, 2.45) is 0 Å². The lowest BCUT2D eigenvalue weighted by atomic mass is 10.0. The number of ether oxygens (including phenoxy) is 2. The average Bonchev–Trinajstić information content (AvgIpc) is 2.93. The highest BCUT2D eigenvalue weighted by atomic mass is 35.5. The van der Waals surface area contributed by atoms with Gasteiger partial charge in [0.05, 0.1) is 27.3 Å². The maximum absolute atomic E-state index is 13.5. The smallest absolute Gasteiger partial charge is 0.420 e. The number of hydrogen-bond acceptors (Lipinski definition) is 6. The summed E-state index contributed by atoms with van der Waals surface area (Å²) in [5.41, 5.74) is 2.87. The van der Waals surface area contributed by atoms with Crippen molar-refractivity contribution in [1.29, 1.82) is 0 Å². The minimum atomic E-state index is -3.85. The molecule has 6 rings (SSSR count). The molecule has 38 heavy (non-hydrogen) atoms. The molecule has 0 spiro atoms. The molecule has 3 aliphatic heterocycles. The Morgan fingerprint density at radius 3 is 2.50 bits per heavy atom. The summed E-state index contributed by atoms with van der Waals surface area (Å²) in [4.78, 5) is 28.2. The molecule has 2 amide bonds. The number of nitrogens with zero attached hydrogens (tertiary/aromatic N) is 3. The molecule has 3 heterocycles. The van der Waals surface area contributed by atoms with Crippen LogP contribution in [0.3, 0.4) is 0 Å². The minimum absolute atomic E-state index is 0.0349.